The van der Waals surface area contributed by atoms with Gasteiger partial charge in [-0.3, -0.25) is 0 Å². The molecule has 0 spiro atoms. The second kappa shape index (κ2) is 3.74. The maximum atomic E-state index is 12.2. The Labute approximate surface area is 87.1 Å². The molecule has 0 aliphatic heterocycles. The molecule has 14 heavy (non-hydrogen) atoms. The van der Waals surface area contributed by atoms with Gasteiger partial charge in [-0.15, -0.1) is 0 Å². The first-order valence-electron chi connectivity index (χ1n) is 3.30. The second-order valence-corrected chi connectivity index (χ2v) is 3.21. The number of halogens is 5. The standard InChI is InChI=1S/C7H3Cl2F3N2/c8-4-1-3(7(10,11)12)2-5(9)6(4)14-13/h1-2,13H. The van der Waals surface area contributed by atoms with Gasteiger partial charge in [0.1, 0.15) is 5.69 Å². The molecule has 0 atom stereocenters. The van der Waals surface area contributed by atoms with E-state index in [9.17, 15) is 13.2 Å². The molecule has 1 N–H and O–H groups in total. The molecule has 1 aromatic carbocycles. The van der Waals surface area contributed by atoms with Gasteiger partial charge in [0, 0.05) is 0 Å². The van der Waals surface area contributed by atoms with Crippen LogP contribution in [0.2, 0.25) is 10.0 Å². The van der Waals surface area contributed by atoms with E-state index in [1.807, 2.05) is 0 Å². The van der Waals surface area contributed by atoms with Gasteiger partial charge >= 0.3 is 6.18 Å². The lowest BCUT2D eigenvalue weighted by Crippen LogP contribution is -2.04. The Balaban J connectivity index is 3.35. The first-order chi connectivity index (χ1) is 6.36. The normalized spacial score (nSPS) is 11.5. The molecule has 1 rings (SSSR count). The van der Waals surface area contributed by atoms with E-state index in [1.165, 1.54) is 0 Å². The van der Waals surface area contributed by atoms with Crippen LogP contribution in [0.3, 0.4) is 0 Å². The molecule has 0 saturated heterocycles. The fourth-order valence-electron chi connectivity index (χ4n) is 0.836. The van der Waals surface area contributed by atoms with E-state index in [4.69, 9.17) is 28.7 Å². The summed E-state index contributed by atoms with van der Waals surface area (Å²) in [7, 11) is 0. The lowest BCUT2D eigenvalue weighted by atomic mass is 10.2. The van der Waals surface area contributed by atoms with Crippen molar-refractivity contribution < 1.29 is 13.2 Å². The second-order valence-electron chi connectivity index (χ2n) is 2.40. The average Bonchev–Trinajstić information content (AvgIpc) is 2.01. The molecule has 0 aliphatic rings. The van der Waals surface area contributed by atoms with Gasteiger partial charge < -0.3 is 0 Å². The monoisotopic (exact) mass is 242 g/mol. The summed E-state index contributed by atoms with van der Waals surface area (Å²) in [5.74, 6) is 0. The van der Waals surface area contributed by atoms with Crippen LogP contribution in [0.4, 0.5) is 18.9 Å². The smallest absolute Gasteiger partial charge is 0.204 e. The zero-order valence-electron chi connectivity index (χ0n) is 6.49. The van der Waals surface area contributed by atoms with Gasteiger partial charge in [0.25, 0.3) is 0 Å². The summed E-state index contributed by atoms with van der Waals surface area (Å²) >= 11 is 10.9. The molecule has 0 fully saturated rings. The van der Waals surface area contributed by atoms with E-state index in [-0.39, 0.29) is 15.7 Å². The molecule has 1 aromatic rings. The van der Waals surface area contributed by atoms with Crippen LogP contribution < -0.4 is 0 Å². The predicted molar refractivity (Wildman–Crippen MR) is 46.3 cm³/mol. The SMILES string of the molecule is N=Nc1c(Cl)cc(C(F)(F)F)cc1Cl. The van der Waals surface area contributed by atoms with Gasteiger partial charge in [-0.25, -0.2) is 5.53 Å². The van der Waals surface area contributed by atoms with Crippen molar-refractivity contribution >= 4 is 28.9 Å². The van der Waals surface area contributed by atoms with Crippen LogP contribution in [-0.2, 0) is 6.18 Å². The zero-order valence-corrected chi connectivity index (χ0v) is 8.00. The summed E-state index contributed by atoms with van der Waals surface area (Å²) in [5, 5.41) is 2.33. The molecule has 0 saturated carbocycles. The Morgan fingerprint density at radius 2 is 1.57 bits per heavy atom. The van der Waals surface area contributed by atoms with Crippen molar-refractivity contribution in [2.45, 2.75) is 6.18 Å². The molecular weight excluding hydrogens is 240 g/mol. The Kier molecular flexibility index (Phi) is 3.01. The van der Waals surface area contributed by atoms with Gasteiger partial charge in [0.15, 0.2) is 0 Å². The van der Waals surface area contributed by atoms with Gasteiger partial charge in [0.05, 0.1) is 15.6 Å². The summed E-state index contributed by atoms with van der Waals surface area (Å²) in [6.45, 7) is 0. The minimum atomic E-state index is -4.51. The van der Waals surface area contributed by atoms with Gasteiger partial charge in [-0.2, -0.15) is 18.3 Å². The number of hydrogen-bond donors (Lipinski definition) is 1. The van der Waals surface area contributed by atoms with Gasteiger partial charge in [-0.05, 0) is 12.1 Å². The lowest BCUT2D eigenvalue weighted by molar-refractivity contribution is -0.137. The summed E-state index contributed by atoms with van der Waals surface area (Å²) in [5.41, 5.74) is 5.50. The third-order valence-electron chi connectivity index (χ3n) is 1.46. The fraction of sp³-hybridized carbons (Fsp3) is 0.143. The quantitative estimate of drug-likeness (QED) is 0.695. The van der Waals surface area contributed by atoms with Gasteiger partial charge in [0.2, 0.25) is 0 Å². The summed E-state index contributed by atoms with van der Waals surface area (Å²) in [4.78, 5) is 0. The van der Waals surface area contributed by atoms with E-state index >= 15 is 0 Å². The van der Waals surface area contributed by atoms with Crippen molar-refractivity contribution in [3.05, 3.63) is 27.7 Å². The van der Waals surface area contributed by atoms with Crippen molar-refractivity contribution in [1.29, 1.82) is 5.53 Å². The third-order valence-corrected chi connectivity index (χ3v) is 2.03. The molecule has 0 amide bonds. The largest absolute Gasteiger partial charge is 0.416 e. The van der Waals surface area contributed by atoms with E-state index in [2.05, 4.69) is 5.11 Å². The maximum absolute atomic E-state index is 12.2. The number of rotatable bonds is 1. The summed E-state index contributed by atoms with van der Waals surface area (Å²) < 4.78 is 36.6. The van der Waals surface area contributed by atoms with E-state index < -0.39 is 11.7 Å². The van der Waals surface area contributed by atoms with E-state index in [1.54, 1.807) is 0 Å². The van der Waals surface area contributed by atoms with Crippen LogP contribution in [0.5, 0.6) is 0 Å². The van der Waals surface area contributed by atoms with Gasteiger partial charge in [-0.1, -0.05) is 23.2 Å². The molecule has 7 heteroatoms. The highest BCUT2D eigenvalue weighted by atomic mass is 35.5. The highest BCUT2D eigenvalue weighted by molar-refractivity contribution is 6.38. The van der Waals surface area contributed by atoms with Crippen LogP contribution in [0.15, 0.2) is 17.2 Å². The molecule has 0 aliphatic carbocycles. The Hall–Kier alpha value is -0.810. The molecular formula is C7H3Cl2F3N2. The molecule has 0 aromatic heterocycles. The molecule has 2 nitrogen and oxygen atoms in total. The number of hydrogen-bond acceptors (Lipinski definition) is 2. The summed E-state index contributed by atoms with van der Waals surface area (Å²) in [6.07, 6.45) is -4.51. The minimum Gasteiger partial charge on any atom is -0.204 e. The molecule has 0 radical (unpaired) electrons. The summed E-state index contributed by atoms with van der Waals surface area (Å²) in [6, 6.07) is 1.36. The maximum Gasteiger partial charge on any atom is 0.416 e. The highest BCUT2D eigenvalue weighted by Gasteiger charge is 2.31. The van der Waals surface area contributed by atoms with Crippen molar-refractivity contribution in [2.24, 2.45) is 5.11 Å². The highest BCUT2D eigenvalue weighted by Crippen LogP contribution is 2.39. The van der Waals surface area contributed by atoms with Crippen molar-refractivity contribution in [2.75, 3.05) is 0 Å². The van der Waals surface area contributed by atoms with Crippen molar-refractivity contribution in [3.8, 4) is 0 Å². The predicted octanol–water partition coefficient (Wildman–Crippen LogP) is 4.67. The van der Waals surface area contributed by atoms with E-state index in [0.29, 0.717) is 12.1 Å². The number of nitrogens with one attached hydrogen (secondary N) is 1. The van der Waals surface area contributed by atoms with Crippen LogP contribution in [0, 0.1) is 5.53 Å². The third kappa shape index (κ3) is 2.16. The topological polar surface area (TPSA) is 36.2 Å². The number of nitrogens with zero attached hydrogens (tertiary/aromatic N) is 1. The Morgan fingerprint density at radius 1 is 1.14 bits per heavy atom. The first kappa shape index (κ1) is 11.3. The van der Waals surface area contributed by atoms with Crippen LogP contribution in [0.25, 0.3) is 0 Å². The molecule has 76 valence electrons. The number of alkyl halides is 3. The van der Waals surface area contributed by atoms with Crippen molar-refractivity contribution in [1.82, 2.24) is 0 Å². The molecule has 0 bridgehead atoms. The van der Waals surface area contributed by atoms with Crippen LogP contribution in [-0.4, -0.2) is 0 Å². The van der Waals surface area contributed by atoms with Crippen LogP contribution >= 0.6 is 23.2 Å². The average molecular weight is 243 g/mol. The van der Waals surface area contributed by atoms with Crippen molar-refractivity contribution in [3.63, 3.8) is 0 Å². The van der Waals surface area contributed by atoms with Crippen LogP contribution in [0.1, 0.15) is 5.56 Å². The first-order valence-corrected chi connectivity index (χ1v) is 4.05. The fourth-order valence-corrected chi connectivity index (χ4v) is 1.41. The Morgan fingerprint density at radius 3 is 1.86 bits per heavy atom. The number of benzene rings is 1. The molecule has 0 unspecified atom stereocenters. The Bertz CT molecular complexity index is 353. The molecule has 0 heterocycles. The van der Waals surface area contributed by atoms with E-state index in [0.717, 1.165) is 0 Å². The zero-order chi connectivity index (χ0) is 10.9. The lowest BCUT2D eigenvalue weighted by Gasteiger charge is -2.08. The minimum absolute atomic E-state index is 0.165.